The van der Waals surface area contributed by atoms with E-state index in [1.807, 2.05) is 36.5 Å². The molecule has 3 heterocycles. The third-order valence-corrected chi connectivity index (χ3v) is 4.30. The fraction of sp³-hybridized carbons (Fsp3) is 0. The fourth-order valence-electron chi connectivity index (χ4n) is 2.16. The molecule has 0 atom stereocenters. The minimum absolute atomic E-state index is 0.233. The number of thiazole rings is 1. The molecule has 0 unspecified atom stereocenters. The molecule has 0 saturated heterocycles. The predicted molar refractivity (Wildman–Crippen MR) is 88.9 cm³/mol. The van der Waals surface area contributed by atoms with Crippen LogP contribution in [0.3, 0.4) is 0 Å². The molecule has 6 nitrogen and oxygen atoms in total. The van der Waals surface area contributed by atoms with Gasteiger partial charge in [-0.1, -0.05) is 12.1 Å². The number of hydrogen-bond donors (Lipinski definition) is 1. The first-order chi connectivity index (χ1) is 11.3. The highest BCUT2D eigenvalue weighted by Crippen LogP contribution is 2.22. The van der Waals surface area contributed by atoms with E-state index < -0.39 is 0 Å². The van der Waals surface area contributed by atoms with Gasteiger partial charge in [-0.15, -0.1) is 11.3 Å². The number of nitrogens with one attached hydrogen (secondary N) is 1. The van der Waals surface area contributed by atoms with Gasteiger partial charge < -0.3 is 5.32 Å². The van der Waals surface area contributed by atoms with Crippen molar-refractivity contribution in [3.05, 3.63) is 66.3 Å². The maximum absolute atomic E-state index is 12.3. The van der Waals surface area contributed by atoms with Crippen molar-refractivity contribution in [2.45, 2.75) is 0 Å². The zero-order valence-corrected chi connectivity index (χ0v) is 12.7. The molecule has 0 fully saturated rings. The van der Waals surface area contributed by atoms with Crippen molar-refractivity contribution in [2.75, 3.05) is 5.32 Å². The SMILES string of the molecule is O=C(Nc1ccc(-n2ccnc2)nc1)c1nc2ccccc2s1. The molecule has 0 aliphatic carbocycles. The Bertz CT molecular complexity index is 927. The Labute approximate surface area is 135 Å². The number of rotatable bonds is 3. The van der Waals surface area contributed by atoms with E-state index in [1.165, 1.54) is 11.3 Å². The summed E-state index contributed by atoms with van der Waals surface area (Å²) < 4.78 is 2.78. The number of aromatic nitrogens is 4. The lowest BCUT2D eigenvalue weighted by Crippen LogP contribution is -2.11. The van der Waals surface area contributed by atoms with Crippen molar-refractivity contribution in [1.29, 1.82) is 0 Å². The summed E-state index contributed by atoms with van der Waals surface area (Å²) in [4.78, 5) is 24.9. The Morgan fingerprint density at radius 1 is 1.17 bits per heavy atom. The number of amides is 1. The van der Waals surface area contributed by atoms with Crippen LogP contribution in [0.1, 0.15) is 9.80 Å². The Balaban J connectivity index is 1.54. The molecule has 1 aromatic carbocycles. The fourth-order valence-corrected chi connectivity index (χ4v) is 3.02. The van der Waals surface area contributed by atoms with E-state index in [-0.39, 0.29) is 5.91 Å². The third-order valence-electron chi connectivity index (χ3n) is 3.26. The number of hydrogen-bond acceptors (Lipinski definition) is 5. The number of imidazole rings is 1. The van der Waals surface area contributed by atoms with Gasteiger partial charge in [-0.3, -0.25) is 9.36 Å². The van der Waals surface area contributed by atoms with Gasteiger partial charge in [0.25, 0.3) is 5.91 Å². The van der Waals surface area contributed by atoms with Gasteiger partial charge >= 0.3 is 0 Å². The average Bonchev–Trinajstić information content (AvgIpc) is 3.25. The van der Waals surface area contributed by atoms with Crippen LogP contribution < -0.4 is 5.32 Å². The third kappa shape index (κ3) is 2.69. The minimum atomic E-state index is -0.233. The molecule has 4 aromatic rings. The first kappa shape index (κ1) is 13.6. The number of carbonyl (C=O) groups excluding carboxylic acids is 1. The molecular formula is C16H11N5OS. The lowest BCUT2D eigenvalue weighted by molar-refractivity contribution is 0.102. The van der Waals surface area contributed by atoms with Crippen molar-refractivity contribution >= 4 is 33.1 Å². The van der Waals surface area contributed by atoms with Gasteiger partial charge in [0.2, 0.25) is 0 Å². The quantitative estimate of drug-likeness (QED) is 0.629. The molecule has 0 radical (unpaired) electrons. The molecule has 1 amide bonds. The Morgan fingerprint density at radius 3 is 2.83 bits per heavy atom. The van der Waals surface area contributed by atoms with E-state index in [9.17, 15) is 4.79 Å². The molecule has 3 aromatic heterocycles. The molecule has 112 valence electrons. The maximum atomic E-state index is 12.3. The van der Waals surface area contributed by atoms with Crippen LogP contribution in [0.4, 0.5) is 5.69 Å². The normalized spacial score (nSPS) is 10.8. The summed E-state index contributed by atoms with van der Waals surface area (Å²) in [6, 6.07) is 11.3. The van der Waals surface area contributed by atoms with E-state index in [0.29, 0.717) is 10.7 Å². The highest BCUT2D eigenvalue weighted by Gasteiger charge is 2.12. The van der Waals surface area contributed by atoms with Gasteiger partial charge in [0.1, 0.15) is 12.1 Å². The van der Waals surface area contributed by atoms with E-state index >= 15 is 0 Å². The summed E-state index contributed by atoms with van der Waals surface area (Å²) in [5.41, 5.74) is 1.45. The van der Waals surface area contributed by atoms with Crippen LogP contribution in [-0.2, 0) is 0 Å². The number of carbonyl (C=O) groups is 1. The standard InChI is InChI=1S/C16H11N5OS/c22-15(16-20-12-3-1-2-4-13(12)23-16)19-11-5-6-14(18-9-11)21-8-7-17-10-21/h1-10H,(H,19,22). The molecule has 0 spiro atoms. The highest BCUT2D eigenvalue weighted by atomic mass is 32.1. The smallest absolute Gasteiger partial charge is 0.284 e. The zero-order valence-electron chi connectivity index (χ0n) is 11.9. The van der Waals surface area contributed by atoms with Gasteiger partial charge in [0.15, 0.2) is 5.01 Å². The van der Waals surface area contributed by atoms with Crippen molar-refractivity contribution < 1.29 is 4.79 Å². The monoisotopic (exact) mass is 321 g/mol. The average molecular weight is 321 g/mol. The first-order valence-corrected chi connectivity index (χ1v) is 7.72. The summed E-state index contributed by atoms with van der Waals surface area (Å²) in [5, 5.41) is 3.25. The minimum Gasteiger partial charge on any atom is -0.319 e. The largest absolute Gasteiger partial charge is 0.319 e. The van der Waals surface area contributed by atoms with Crippen LogP contribution in [0.2, 0.25) is 0 Å². The number of pyridine rings is 1. The molecule has 23 heavy (non-hydrogen) atoms. The van der Waals surface area contributed by atoms with Crippen molar-refractivity contribution in [1.82, 2.24) is 19.5 Å². The number of fused-ring (bicyclic) bond motifs is 1. The predicted octanol–water partition coefficient (Wildman–Crippen LogP) is 3.13. The second kappa shape index (κ2) is 5.62. The summed E-state index contributed by atoms with van der Waals surface area (Å²) >= 11 is 1.37. The molecule has 0 aliphatic rings. The second-order valence-corrected chi connectivity index (χ2v) is 5.85. The lowest BCUT2D eigenvalue weighted by Gasteiger charge is -2.04. The Hall–Kier alpha value is -3.06. The Kier molecular flexibility index (Phi) is 3.32. The molecule has 7 heteroatoms. The number of para-hydroxylation sites is 1. The molecule has 4 rings (SSSR count). The summed E-state index contributed by atoms with van der Waals surface area (Å²) in [7, 11) is 0. The van der Waals surface area contributed by atoms with Crippen molar-refractivity contribution in [2.24, 2.45) is 0 Å². The van der Waals surface area contributed by atoms with Crippen molar-refractivity contribution in [3.8, 4) is 5.82 Å². The van der Waals surface area contributed by atoms with Crippen LogP contribution in [0.5, 0.6) is 0 Å². The van der Waals surface area contributed by atoms with E-state index in [0.717, 1.165) is 16.0 Å². The first-order valence-electron chi connectivity index (χ1n) is 6.91. The zero-order chi connectivity index (χ0) is 15.6. The van der Waals surface area contributed by atoms with Gasteiger partial charge in [-0.2, -0.15) is 0 Å². The van der Waals surface area contributed by atoms with Crippen LogP contribution >= 0.6 is 11.3 Å². The summed E-state index contributed by atoms with van der Waals surface area (Å²) in [6.07, 6.45) is 6.77. The van der Waals surface area contributed by atoms with Crippen LogP contribution in [0.25, 0.3) is 16.0 Å². The molecule has 1 N–H and O–H groups in total. The van der Waals surface area contributed by atoms with Crippen LogP contribution in [-0.4, -0.2) is 25.4 Å². The maximum Gasteiger partial charge on any atom is 0.284 e. The highest BCUT2D eigenvalue weighted by molar-refractivity contribution is 7.20. The van der Waals surface area contributed by atoms with Gasteiger partial charge in [0.05, 0.1) is 22.1 Å². The summed E-state index contributed by atoms with van der Waals surface area (Å²) in [5.74, 6) is 0.504. The molecule has 0 saturated carbocycles. The molecular weight excluding hydrogens is 310 g/mol. The molecule has 0 aliphatic heterocycles. The number of benzene rings is 1. The van der Waals surface area contributed by atoms with Gasteiger partial charge in [-0.25, -0.2) is 15.0 Å². The topological polar surface area (TPSA) is 72.7 Å². The lowest BCUT2D eigenvalue weighted by atomic mass is 10.3. The second-order valence-electron chi connectivity index (χ2n) is 4.82. The number of nitrogens with zero attached hydrogens (tertiary/aromatic N) is 4. The van der Waals surface area contributed by atoms with E-state index in [1.54, 1.807) is 29.4 Å². The van der Waals surface area contributed by atoms with Gasteiger partial charge in [-0.05, 0) is 24.3 Å². The molecule has 0 bridgehead atoms. The van der Waals surface area contributed by atoms with Crippen LogP contribution in [0.15, 0.2) is 61.3 Å². The van der Waals surface area contributed by atoms with Crippen LogP contribution in [0, 0.1) is 0 Å². The van der Waals surface area contributed by atoms with Crippen molar-refractivity contribution in [3.63, 3.8) is 0 Å². The number of anilines is 1. The van der Waals surface area contributed by atoms with Gasteiger partial charge in [0, 0.05) is 12.4 Å². The Morgan fingerprint density at radius 2 is 2.09 bits per heavy atom. The van der Waals surface area contributed by atoms with E-state index in [4.69, 9.17) is 0 Å². The van der Waals surface area contributed by atoms with E-state index in [2.05, 4.69) is 20.3 Å². The summed E-state index contributed by atoms with van der Waals surface area (Å²) in [6.45, 7) is 0.